The van der Waals surface area contributed by atoms with Crippen molar-refractivity contribution in [2.24, 2.45) is 7.05 Å². The third-order valence-corrected chi connectivity index (χ3v) is 2.94. The fourth-order valence-electron chi connectivity index (χ4n) is 1.57. The van der Waals surface area contributed by atoms with Gasteiger partial charge in [-0.2, -0.15) is 0 Å². The maximum Gasteiger partial charge on any atom is 0.261 e. The van der Waals surface area contributed by atoms with Gasteiger partial charge >= 0.3 is 0 Å². The zero-order chi connectivity index (χ0) is 14.0. The van der Waals surface area contributed by atoms with E-state index in [1.807, 2.05) is 0 Å². The summed E-state index contributed by atoms with van der Waals surface area (Å²) in [6, 6.07) is 2.98. The van der Waals surface area contributed by atoms with Crippen LogP contribution in [0.5, 0.6) is 5.75 Å². The van der Waals surface area contributed by atoms with Gasteiger partial charge in [-0.05, 0) is 6.07 Å². The number of amides is 1. The van der Waals surface area contributed by atoms with Crippen LogP contribution in [0.25, 0.3) is 0 Å². The number of rotatable bonds is 3. The molecule has 0 aliphatic rings. The minimum absolute atomic E-state index is 0.296. The lowest BCUT2D eigenvalue weighted by Gasteiger charge is -2.11. The maximum atomic E-state index is 12.2. The lowest BCUT2D eigenvalue weighted by Crippen LogP contribution is -2.16. The number of aromatic nitrogens is 2. The van der Waals surface area contributed by atoms with Gasteiger partial charge in [-0.3, -0.25) is 10.1 Å². The van der Waals surface area contributed by atoms with E-state index in [1.165, 1.54) is 19.2 Å². The molecule has 0 atom stereocenters. The molecule has 0 saturated heterocycles. The molecule has 1 aromatic heterocycles. The Morgan fingerprint density at radius 3 is 2.84 bits per heavy atom. The van der Waals surface area contributed by atoms with Gasteiger partial charge in [-0.25, -0.2) is 4.98 Å². The van der Waals surface area contributed by atoms with Gasteiger partial charge in [0, 0.05) is 25.5 Å². The lowest BCUT2D eigenvalue weighted by molar-refractivity contribution is 0.102. The second-order valence-corrected chi connectivity index (χ2v) is 4.30. The van der Waals surface area contributed by atoms with Crippen LogP contribution in [0.4, 0.5) is 11.6 Å². The number of ether oxygens (including phenoxy) is 1. The number of nitrogen functional groups attached to an aromatic ring is 1. The summed E-state index contributed by atoms with van der Waals surface area (Å²) in [5.41, 5.74) is 6.32. The summed E-state index contributed by atoms with van der Waals surface area (Å²) < 4.78 is 6.81. The van der Waals surface area contributed by atoms with Gasteiger partial charge in [-0.1, -0.05) is 11.6 Å². The molecular weight excluding hydrogens is 268 g/mol. The van der Waals surface area contributed by atoms with Crippen LogP contribution in [0.2, 0.25) is 5.02 Å². The second kappa shape index (κ2) is 5.19. The molecule has 19 heavy (non-hydrogen) atoms. The zero-order valence-electron chi connectivity index (χ0n) is 10.5. The molecule has 1 amide bonds. The van der Waals surface area contributed by atoms with Gasteiger partial charge < -0.3 is 15.0 Å². The second-order valence-electron chi connectivity index (χ2n) is 3.89. The number of carbonyl (C=O) groups excluding carboxylic acids is 1. The Morgan fingerprint density at radius 2 is 2.26 bits per heavy atom. The quantitative estimate of drug-likeness (QED) is 0.842. The minimum atomic E-state index is -0.368. The Balaban J connectivity index is 2.33. The van der Waals surface area contributed by atoms with Gasteiger partial charge in [0.2, 0.25) is 5.95 Å². The number of methoxy groups -OCH3 is 1. The molecule has 0 aliphatic heterocycles. The zero-order valence-corrected chi connectivity index (χ0v) is 11.2. The van der Waals surface area contributed by atoms with E-state index in [-0.39, 0.29) is 5.91 Å². The summed E-state index contributed by atoms with van der Waals surface area (Å²) in [7, 11) is 3.23. The monoisotopic (exact) mass is 280 g/mol. The summed E-state index contributed by atoms with van der Waals surface area (Å²) in [4.78, 5) is 16.2. The number of benzene rings is 1. The average Bonchev–Trinajstić information content (AvgIpc) is 2.77. The number of imidazole rings is 1. The number of hydrogen-bond donors (Lipinski definition) is 2. The predicted molar refractivity (Wildman–Crippen MR) is 73.6 cm³/mol. The number of hydrogen-bond acceptors (Lipinski definition) is 4. The van der Waals surface area contributed by atoms with Crippen LogP contribution in [0.1, 0.15) is 10.4 Å². The van der Waals surface area contributed by atoms with E-state index in [2.05, 4.69) is 10.3 Å². The van der Waals surface area contributed by atoms with Crippen molar-refractivity contribution in [3.63, 3.8) is 0 Å². The topological polar surface area (TPSA) is 82.2 Å². The van der Waals surface area contributed by atoms with Crippen molar-refractivity contribution < 1.29 is 9.53 Å². The van der Waals surface area contributed by atoms with Gasteiger partial charge in [0.15, 0.2) is 0 Å². The fraction of sp³-hybridized carbons (Fsp3) is 0.167. The third kappa shape index (κ3) is 2.63. The molecule has 0 unspecified atom stereocenters. The van der Waals surface area contributed by atoms with E-state index >= 15 is 0 Å². The molecule has 2 rings (SSSR count). The first-order chi connectivity index (χ1) is 9.02. The Hall–Kier alpha value is -2.21. The van der Waals surface area contributed by atoms with Crippen molar-refractivity contribution in [2.45, 2.75) is 0 Å². The Morgan fingerprint density at radius 1 is 1.53 bits per heavy atom. The number of nitrogens with two attached hydrogens (primary N) is 1. The maximum absolute atomic E-state index is 12.2. The number of nitrogens with zero attached hydrogens (tertiary/aromatic N) is 2. The molecule has 100 valence electrons. The highest BCUT2D eigenvalue weighted by atomic mass is 35.5. The van der Waals surface area contributed by atoms with Crippen LogP contribution in [0.3, 0.4) is 0 Å². The molecule has 1 heterocycles. The number of anilines is 2. The van der Waals surface area contributed by atoms with E-state index in [1.54, 1.807) is 24.0 Å². The summed E-state index contributed by atoms with van der Waals surface area (Å²) in [5, 5.41) is 2.96. The van der Waals surface area contributed by atoms with Crippen molar-refractivity contribution in [3.05, 3.63) is 35.1 Å². The van der Waals surface area contributed by atoms with Crippen molar-refractivity contribution >= 4 is 29.1 Å². The van der Waals surface area contributed by atoms with Crippen LogP contribution in [-0.2, 0) is 7.05 Å². The fourth-order valence-corrected chi connectivity index (χ4v) is 1.73. The Labute approximate surface area is 115 Å². The molecule has 0 radical (unpaired) electrons. The van der Waals surface area contributed by atoms with Gasteiger partial charge in [-0.15, -0.1) is 0 Å². The highest BCUT2D eigenvalue weighted by Crippen LogP contribution is 2.29. The van der Waals surface area contributed by atoms with Crippen LogP contribution >= 0.6 is 11.6 Å². The first kappa shape index (κ1) is 13.2. The highest BCUT2D eigenvalue weighted by molar-refractivity contribution is 6.33. The summed E-state index contributed by atoms with van der Waals surface area (Å²) in [6.45, 7) is 0. The first-order valence-corrected chi connectivity index (χ1v) is 5.82. The Kier molecular flexibility index (Phi) is 3.62. The summed E-state index contributed by atoms with van der Waals surface area (Å²) in [5.74, 6) is 0.418. The standard InChI is InChI=1S/C12H13ClN4O2/c1-17-4-3-15-12(17)16-11(18)7-5-8(13)9(14)6-10(7)19-2/h3-6H,14H2,1-2H3,(H,15,16,18). The molecule has 0 saturated carbocycles. The lowest BCUT2D eigenvalue weighted by atomic mass is 10.1. The number of nitrogens with one attached hydrogen (secondary N) is 1. The normalized spacial score (nSPS) is 10.3. The average molecular weight is 281 g/mol. The molecule has 7 heteroatoms. The molecule has 0 aliphatic carbocycles. The number of carbonyl (C=O) groups is 1. The molecular formula is C12H13ClN4O2. The molecule has 1 aromatic carbocycles. The molecule has 0 spiro atoms. The van der Waals surface area contributed by atoms with Crippen LogP contribution < -0.4 is 15.8 Å². The summed E-state index contributed by atoms with van der Waals surface area (Å²) in [6.07, 6.45) is 3.31. The highest BCUT2D eigenvalue weighted by Gasteiger charge is 2.16. The van der Waals surface area contributed by atoms with Crippen LogP contribution in [0, 0.1) is 0 Å². The van der Waals surface area contributed by atoms with Crippen LogP contribution in [-0.4, -0.2) is 22.6 Å². The summed E-state index contributed by atoms with van der Waals surface area (Å²) >= 11 is 5.92. The predicted octanol–water partition coefficient (Wildman–Crippen LogP) is 1.92. The number of aryl methyl sites for hydroxylation is 1. The van der Waals surface area contributed by atoms with Crippen molar-refractivity contribution in [1.82, 2.24) is 9.55 Å². The van der Waals surface area contributed by atoms with Crippen molar-refractivity contribution in [1.29, 1.82) is 0 Å². The SMILES string of the molecule is COc1cc(N)c(Cl)cc1C(=O)Nc1nccn1C. The molecule has 0 bridgehead atoms. The van der Waals surface area contributed by atoms with Crippen molar-refractivity contribution in [2.75, 3.05) is 18.2 Å². The van der Waals surface area contributed by atoms with E-state index in [0.717, 1.165) is 0 Å². The third-order valence-electron chi connectivity index (χ3n) is 2.61. The van der Waals surface area contributed by atoms with E-state index in [4.69, 9.17) is 22.1 Å². The Bertz CT molecular complexity index is 624. The number of halogens is 1. The van der Waals surface area contributed by atoms with E-state index in [9.17, 15) is 4.79 Å². The molecule has 6 nitrogen and oxygen atoms in total. The van der Waals surface area contributed by atoms with E-state index in [0.29, 0.717) is 28.0 Å². The smallest absolute Gasteiger partial charge is 0.261 e. The molecule has 0 fully saturated rings. The van der Waals surface area contributed by atoms with Gasteiger partial charge in [0.25, 0.3) is 5.91 Å². The van der Waals surface area contributed by atoms with E-state index < -0.39 is 0 Å². The molecule has 3 N–H and O–H groups in total. The first-order valence-electron chi connectivity index (χ1n) is 5.44. The van der Waals surface area contributed by atoms with Gasteiger partial charge in [0.05, 0.1) is 23.4 Å². The van der Waals surface area contributed by atoms with Gasteiger partial charge in [0.1, 0.15) is 5.75 Å². The van der Waals surface area contributed by atoms with Crippen LogP contribution in [0.15, 0.2) is 24.5 Å². The van der Waals surface area contributed by atoms with Crippen molar-refractivity contribution in [3.8, 4) is 5.75 Å². The minimum Gasteiger partial charge on any atom is -0.496 e. The molecule has 2 aromatic rings. The largest absolute Gasteiger partial charge is 0.496 e.